The number of aromatic nitrogens is 6. The van der Waals surface area contributed by atoms with E-state index >= 15 is 0 Å². The summed E-state index contributed by atoms with van der Waals surface area (Å²) in [6.45, 7) is 8.06. The predicted molar refractivity (Wildman–Crippen MR) is 166 cm³/mol. The molecule has 45 heavy (non-hydrogen) atoms. The molecule has 0 saturated heterocycles. The third kappa shape index (κ3) is 20.0. The molecule has 0 aliphatic heterocycles. The molecule has 4 aromatic rings. The van der Waals surface area contributed by atoms with E-state index in [1.165, 1.54) is 5.56 Å². The van der Waals surface area contributed by atoms with E-state index in [2.05, 4.69) is 94.8 Å². The van der Waals surface area contributed by atoms with Crippen molar-refractivity contribution in [2.24, 2.45) is 0 Å². The summed E-state index contributed by atoms with van der Waals surface area (Å²) in [6, 6.07) is 16.1. The smallest absolute Gasteiger partial charge is 1.00 e. The molecule has 2 aromatic carbocycles. The van der Waals surface area contributed by atoms with Gasteiger partial charge in [-0.2, -0.15) is 0 Å². The molecular formula is C27H31Br3K2N6O7. The van der Waals surface area contributed by atoms with Gasteiger partial charge in [-0.3, -0.25) is 9.89 Å². The molecule has 0 spiro atoms. The van der Waals surface area contributed by atoms with Gasteiger partial charge in [0, 0.05) is 14.3 Å². The number of nitrogens with one attached hydrogen (secondary N) is 1. The van der Waals surface area contributed by atoms with Crippen LogP contribution in [0, 0.1) is 13.8 Å². The van der Waals surface area contributed by atoms with Crippen molar-refractivity contribution >= 4 is 66.2 Å². The summed E-state index contributed by atoms with van der Waals surface area (Å²) in [7, 11) is 0. The van der Waals surface area contributed by atoms with Crippen LogP contribution in [0.5, 0.6) is 0 Å². The second-order valence-corrected chi connectivity index (χ2v) is 10.3. The number of halogens is 3. The Morgan fingerprint density at radius 3 is 1.87 bits per heavy atom. The van der Waals surface area contributed by atoms with E-state index in [4.69, 9.17) is 14.8 Å². The van der Waals surface area contributed by atoms with Crippen LogP contribution >= 0.6 is 47.8 Å². The van der Waals surface area contributed by atoms with Gasteiger partial charge in [-0.1, -0.05) is 72.1 Å². The number of aromatic amines is 1. The Bertz CT molecular complexity index is 1450. The number of carbonyl (C=O) groups is 3. The Morgan fingerprint density at radius 2 is 1.44 bits per heavy atom. The van der Waals surface area contributed by atoms with Gasteiger partial charge < -0.3 is 21.0 Å². The van der Waals surface area contributed by atoms with Crippen molar-refractivity contribution in [2.75, 3.05) is 13.2 Å². The van der Waals surface area contributed by atoms with Crippen LogP contribution in [-0.4, -0.2) is 61.6 Å². The van der Waals surface area contributed by atoms with Crippen molar-refractivity contribution in [2.45, 2.75) is 39.6 Å². The molecule has 0 fully saturated rings. The van der Waals surface area contributed by atoms with Crippen LogP contribution in [-0.2, 0) is 31.0 Å². The van der Waals surface area contributed by atoms with Crippen molar-refractivity contribution in [3.8, 4) is 0 Å². The first-order chi connectivity index (χ1) is 20.6. The summed E-state index contributed by atoms with van der Waals surface area (Å²) in [4.78, 5) is 41.6. The molecule has 0 atom stereocenters. The average molecular weight is 869 g/mol. The van der Waals surface area contributed by atoms with Gasteiger partial charge in [0.05, 0.1) is 19.8 Å². The summed E-state index contributed by atoms with van der Waals surface area (Å²) in [6.07, 6.45) is 0. The van der Waals surface area contributed by atoms with Gasteiger partial charge in [0.15, 0.2) is 0 Å². The second kappa shape index (κ2) is 27.7. The Balaban J connectivity index is -0.000000589. The number of hydrogen-bond acceptors (Lipinski definition) is 11. The van der Waals surface area contributed by atoms with Crippen LogP contribution in [0.25, 0.3) is 0 Å². The predicted octanol–water partition coefficient (Wildman–Crippen LogP) is -1.24. The molecule has 2 heterocycles. The summed E-state index contributed by atoms with van der Waals surface area (Å²) in [5.41, 5.74) is 2.38. The molecule has 0 radical (unpaired) electrons. The Labute approximate surface area is 373 Å². The van der Waals surface area contributed by atoms with Gasteiger partial charge in [-0.05, 0) is 63.1 Å². The van der Waals surface area contributed by atoms with E-state index in [1.54, 1.807) is 25.5 Å². The van der Waals surface area contributed by atoms with Gasteiger partial charge in [0.1, 0.15) is 11.6 Å². The van der Waals surface area contributed by atoms with Crippen LogP contribution in [0.1, 0.15) is 59.3 Å². The van der Waals surface area contributed by atoms with Crippen LogP contribution in [0.2, 0.25) is 0 Å². The number of alkyl halides is 1. The molecule has 0 aliphatic carbocycles. The molecule has 0 aliphatic rings. The summed E-state index contributed by atoms with van der Waals surface area (Å²) in [5, 5.41) is 19.7. The van der Waals surface area contributed by atoms with Gasteiger partial charge in [0.25, 0.3) is 18.1 Å². The van der Waals surface area contributed by atoms with Crippen molar-refractivity contribution in [1.29, 1.82) is 0 Å². The number of nitrogens with zero attached hydrogens (tertiary/aromatic N) is 5. The minimum atomic E-state index is -0.489. The fourth-order valence-electron chi connectivity index (χ4n) is 2.91. The zero-order valence-electron chi connectivity index (χ0n) is 26.8. The third-order valence-corrected chi connectivity index (χ3v) is 6.31. The number of hydrogen-bond donors (Lipinski definition) is 1. The molecule has 0 amide bonds. The molecule has 4 rings (SSSR count). The standard InChI is InChI=1S/C13H14BrN3O2.C7H6Br2.C6H9N3O2.CH2O3.2K.H/c1-3-19-13(18)12-15-9(2)17(16-12)8-10-5-4-6-11(14)7-10;8-5-6-2-1-3-7(9)4-6;1-3-11-6(10)5-7-4(2)8-9-5;2-1-4-3;;;/h4-7H,3,8H2,1-2H3;1-4H,5H2;3H2,1-2H3,(H,7,8,9);1,3H;;;/q;;;;2*+1;-1/p-1. The zero-order chi connectivity index (χ0) is 32.2. The van der Waals surface area contributed by atoms with Crippen LogP contribution in [0.4, 0.5) is 0 Å². The molecule has 13 nitrogen and oxygen atoms in total. The SMILES string of the molecule is BrCc1cccc(Br)c1.CCOC(=O)c1n[nH]c(C)n1.CCOC(=O)c1nc(C)n(Cc2cccc(Br)c2)n1.O=CO[O-].[H-].[K+].[K+]. The fraction of sp³-hybridized carbons (Fsp3) is 0.296. The van der Waals surface area contributed by atoms with Crippen molar-refractivity contribution in [3.63, 3.8) is 0 Å². The number of H-pyrrole nitrogens is 1. The van der Waals surface area contributed by atoms with E-state index in [0.717, 1.165) is 19.8 Å². The number of ether oxygens (including phenoxy) is 2. The first-order valence-electron chi connectivity index (χ1n) is 12.5. The van der Waals surface area contributed by atoms with Crippen molar-refractivity contribution in [3.05, 3.63) is 91.9 Å². The fourth-order valence-corrected chi connectivity index (χ4v) is 4.15. The van der Waals surface area contributed by atoms with Gasteiger partial charge in [-0.15, -0.1) is 10.2 Å². The van der Waals surface area contributed by atoms with E-state index < -0.39 is 11.9 Å². The van der Waals surface area contributed by atoms with Gasteiger partial charge in [-0.25, -0.2) is 24.2 Å². The Kier molecular flexibility index (Phi) is 28.9. The first kappa shape index (κ1) is 46.9. The van der Waals surface area contributed by atoms with Gasteiger partial charge >= 0.3 is 115 Å². The Hall–Kier alpha value is -0.197. The van der Waals surface area contributed by atoms with E-state index in [0.29, 0.717) is 31.4 Å². The molecule has 18 heteroatoms. The van der Waals surface area contributed by atoms with Crippen LogP contribution in [0.15, 0.2) is 57.5 Å². The van der Waals surface area contributed by atoms with Gasteiger partial charge in [0.2, 0.25) is 0 Å². The zero-order valence-corrected chi connectivity index (χ0v) is 36.8. The quantitative estimate of drug-likeness (QED) is 0.0561. The summed E-state index contributed by atoms with van der Waals surface area (Å²) in [5.74, 6) is 0.505. The Morgan fingerprint density at radius 1 is 0.933 bits per heavy atom. The molecule has 0 unspecified atom stereocenters. The monoisotopic (exact) mass is 866 g/mol. The van der Waals surface area contributed by atoms with Crippen molar-refractivity contribution < 1.29 is 138 Å². The van der Waals surface area contributed by atoms with Crippen LogP contribution in [0.3, 0.4) is 0 Å². The number of benzene rings is 2. The third-order valence-electron chi connectivity index (χ3n) is 4.67. The number of aryl methyl sites for hydroxylation is 2. The maximum absolute atomic E-state index is 11.5. The molecule has 0 saturated carbocycles. The topological polar surface area (TPSA) is 174 Å². The first-order valence-corrected chi connectivity index (χ1v) is 15.2. The number of esters is 2. The average Bonchev–Trinajstić information content (AvgIpc) is 3.59. The molecule has 0 bridgehead atoms. The molecule has 234 valence electrons. The molecule has 2 aromatic heterocycles. The van der Waals surface area contributed by atoms with E-state index in [-0.39, 0.29) is 122 Å². The normalized spacial score (nSPS) is 9.16. The van der Waals surface area contributed by atoms with Crippen LogP contribution < -0.4 is 108 Å². The maximum atomic E-state index is 11.5. The van der Waals surface area contributed by atoms with E-state index in [9.17, 15) is 9.59 Å². The van der Waals surface area contributed by atoms with E-state index in [1.807, 2.05) is 43.3 Å². The minimum absolute atomic E-state index is 0. The molecule has 1 N–H and O–H groups in total. The maximum Gasteiger partial charge on any atom is 1.00 e. The molecular weight excluding hydrogens is 838 g/mol. The number of rotatable bonds is 8. The van der Waals surface area contributed by atoms with Crippen molar-refractivity contribution in [1.82, 2.24) is 29.9 Å². The second-order valence-electron chi connectivity index (χ2n) is 7.91. The summed E-state index contributed by atoms with van der Waals surface area (Å²) >= 11 is 10.2. The number of carbonyl (C=O) groups excluding carboxylic acids is 3. The summed E-state index contributed by atoms with van der Waals surface area (Å²) < 4.78 is 13.4. The minimum Gasteiger partial charge on any atom is -1.00 e. The largest absolute Gasteiger partial charge is 1.00 e.